The summed E-state index contributed by atoms with van der Waals surface area (Å²) in [4.78, 5) is 27.6. The molecule has 1 amide bonds. The Labute approximate surface area is 217 Å². The van der Waals surface area contributed by atoms with E-state index >= 15 is 0 Å². The Hall–Kier alpha value is -3.59. The van der Waals surface area contributed by atoms with Gasteiger partial charge in [-0.3, -0.25) is 14.8 Å². The quantitative estimate of drug-likeness (QED) is 0.459. The van der Waals surface area contributed by atoms with Gasteiger partial charge in [0, 0.05) is 29.2 Å². The Morgan fingerprint density at radius 3 is 2.70 bits per heavy atom. The molecule has 5 heterocycles. The van der Waals surface area contributed by atoms with Crippen molar-refractivity contribution in [1.29, 1.82) is 0 Å². The Morgan fingerprint density at radius 1 is 1.14 bits per heavy atom. The second kappa shape index (κ2) is 12.6. The van der Waals surface area contributed by atoms with Gasteiger partial charge in [0.2, 0.25) is 6.41 Å². The molecule has 0 bridgehead atoms. The molecule has 0 saturated carbocycles. The first-order valence-electron chi connectivity index (χ1n) is 12.9. The summed E-state index contributed by atoms with van der Waals surface area (Å²) in [5.74, 6) is 1.66. The second-order valence-corrected chi connectivity index (χ2v) is 9.54. The maximum atomic E-state index is 14.2. The van der Waals surface area contributed by atoms with E-state index in [0.29, 0.717) is 48.1 Å². The Kier molecular flexibility index (Phi) is 9.00. The number of nitrogens with one attached hydrogen (secondary N) is 1. The van der Waals surface area contributed by atoms with Crippen molar-refractivity contribution < 1.29 is 13.9 Å². The highest BCUT2D eigenvalue weighted by Crippen LogP contribution is 2.39. The van der Waals surface area contributed by atoms with E-state index in [0.717, 1.165) is 17.3 Å². The van der Waals surface area contributed by atoms with Crippen LogP contribution in [0, 0.1) is 18.7 Å². The zero-order valence-electron chi connectivity index (χ0n) is 21.8. The number of fused-ring (bicyclic) bond motifs is 1. The number of nitrogens with zero attached hydrogens (tertiary/aromatic N) is 5. The van der Waals surface area contributed by atoms with Gasteiger partial charge in [-0.2, -0.15) is 0 Å². The third kappa shape index (κ3) is 6.80. The van der Waals surface area contributed by atoms with Crippen molar-refractivity contribution in [2.75, 3.05) is 43.5 Å². The molecule has 196 valence electrons. The van der Waals surface area contributed by atoms with E-state index in [1.807, 2.05) is 11.0 Å². The molecule has 0 radical (unpaired) electrons. The van der Waals surface area contributed by atoms with Crippen LogP contribution in [-0.4, -0.2) is 59.6 Å². The predicted molar refractivity (Wildman–Crippen MR) is 144 cm³/mol. The number of anilines is 3. The lowest BCUT2D eigenvalue weighted by molar-refractivity contribution is -0.105. The number of aromatic nitrogens is 3. The third-order valence-corrected chi connectivity index (χ3v) is 6.78. The van der Waals surface area contributed by atoms with Crippen molar-refractivity contribution in [2.45, 2.75) is 39.5 Å². The molecule has 8 nitrogen and oxygen atoms in total. The standard InChI is InChI=1S/C19H16FN5O2.C9H19N/c1-12-6-14(15(20)9-22-12)16-8-17-18(10-23-16)27-5-4-25(17)13-2-3-21-19(7-13)24-11-26;1-3-4-9-5-7-10(2)8-6-9/h2-3,6-11H,4-5H2,1H3,(H,21,24,26);9H,3-8H2,1-2H3. The Balaban J connectivity index is 0.000000270. The molecular weight excluding hydrogens is 471 g/mol. The van der Waals surface area contributed by atoms with Gasteiger partial charge in [0.1, 0.15) is 12.4 Å². The number of rotatable bonds is 6. The minimum Gasteiger partial charge on any atom is -0.488 e. The van der Waals surface area contributed by atoms with Crippen LogP contribution >= 0.6 is 0 Å². The van der Waals surface area contributed by atoms with E-state index in [9.17, 15) is 9.18 Å². The lowest BCUT2D eigenvalue weighted by Crippen LogP contribution is -2.29. The number of amides is 1. The van der Waals surface area contributed by atoms with Gasteiger partial charge in [0.15, 0.2) is 11.6 Å². The molecule has 0 aromatic carbocycles. The van der Waals surface area contributed by atoms with Crippen molar-refractivity contribution in [3.63, 3.8) is 0 Å². The zero-order chi connectivity index (χ0) is 26.2. The highest BCUT2D eigenvalue weighted by atomic mass is 19.1. The van der Waals surface area contributed by atoms with Crippen LogP contribution in [0.2, 0.25) is 0 Å². The molecule has 0 spiro atoms. The number of halogens is 1. The molecule has 2 aliphatic heterocycles. The van der Waals surface area contributed by atoms with Crippen LogP contribution in [-0.2, 0) is 4.79 Å². The van der Waals surface area contributed by atoms with Gasteiger partial charge in [-0.25, -0.2) is 9.37 Å². The molecule has 1 fully saturated rings. The molecule has 3 aromatic heterocycles. The zero-order valence-corrected chi connectivity index (χ0v) is 21.8. The van der Waals surface area contributed by atoms with Crippen molar-refractivity contribution >= 4 is 23.6 Å². The van der Waals surface area contributed by atoms with Crippen molar-refractivity contribution in [2.24, 2.45) is 5.92 Å². The molecule has 1 saturated heterocycles. The van der Waals surface area contributed by atoms with E-state index < -0.39 is 5.82 Å². The lowest BCUT2D eigenvalue weighted by atomic mass is 9.93. The SMILES string of the molecule is CCCC1CCN(C)CC1.Cc1cc(-c2cc3c(cn2)OCCN3c2ccnc(NC=O)c2)c(F)cn1. The maximum Gasteiger partial charge on any atom is 0.212 e. The molecule has 5 rings (SSSR count). The largest absolute Gasteiger partial charge is 0.488 e. The van der Waals surface area contributed by atoms with Crippen LogP contribution in [0.3, 0.4) is 0 Å². The minimum atomic E-state index is -0.433. The van der Waals surface area contributed by atoms with Crippen LogP contribution in [0.4, 0.5) is 21.6 Å². The van der Waals surface area contributed by atoms with Gasteiger partial charge in [-0.15, -0.1) is 0 Å². The second-order valence-electron chi connectivity index (χ2n) is 9.54. The Morgan fingerprint density at radius 2 is 1.95 bits per heavy atom. The number of ether oxygens (including phenoxy) is 1. The number of aryl methyl sites for hydroxylation is 1. The van der Waals surface area contributed by atoms with Crippen molar-refractivity contribution in [3.8, 4) is 17.0 Å². The van der Waals surface area contributed by atoms with Crippen molar-refractivity contribution in [3.05, 3.63) is 54.4 Å². The third-order valence-electron chi connectivity index (χ3n) is 6.78. The number of hydrogen-bond acceptors (Lipinski definition) is 7. The molecule has 0 aliphatic carbocycles. The number of hydrogen-bond donors (Lipinski definition) is 1. The van der Waals surface area contributed by atoms with Gasteiger partial charge in [-0.1, -0.05) is 19.8 Å². The summed E-state index contributed by atoms with van der Waals surface area (Å²) >= 11 is 0. The summed E-state index contributed by atoms with van der Waals surface area (Å²) in [6.45, 7) is 7.82. The van der Waals surface area contributed by atoms with Crippen LogP contribution in [0.5, 0.6) is 5.75 Å². The molecule has 0 atom stereocenters. The molecule has 3 aromatic rings. The number of carbonyl (C=O) groups is 1. The van der Waals surface area contributed by atoms with Crippen molar-refractivity contribution in [1.82, 2.24) is 19.9 Å². The van der Waals surface area contributed by atoms with Gasteiger partial charge in [0.05, 0.1) is 30.3 Å². The molecule has 0 unspecified atom stereocenters. The average Bonchev–Trinajstić information content (AvgIpc) is 2.92. The fourth-order valence-electron chi connectivity index (χ4n) is 4.76. The van der Waals surface area contributed by atoms with E-state index in [4.69, 9.17) is 4.74 Å². The maximum absolute atomic E-state index is 14.2. The minimum absolute atomic E-state index is 0.383. The van der Waals surface area contributed by atoms with Gasteiger partial charge in [0.25, 0.3) is 0 Å². The predicted octanol–water partition coefficient (Wildman–Crippen LogP) is 5.21. The van der Waals surface area contributed by atoms with Gasteiger partial charge in [-0.05, 0) is 64.0 Å². The van der Waals surface area contributed by atoms with Crippen LogP contribution in [0.25, 0.3) is 11.3 Å². The first kappa shape index (κ1) is 26.5. The molecular formula is C28H35FN6O2. The van der Waals surface area contributed by atoms with Crippen LogP contribution in [0.1, 0.15) is 38.3 Å². The topological polar surface area (TPSA) is 83.5 Å². The summed E-state index contributed by atoms with van der Waals surface area (Å²) in [6, 6.07) is 7.05. The number of piperidine rings is 1. The van der Waals surface area contributed by atoms with E-state index in [1.165, 1.54) is 45.0 Å². The van der Waals surface area contributed by atoms with E-state index in [1.54, 1.807) is 37.5 Å². The summed E-state index contributed by atoms with van der Waals surface area (Å²) in [6.07, 6.45) is 10.7. The van der Waals surface area contributed by atoms with Crippen LogP contribution < -0.4 is 15.0 Å². The summed E-state index contributed by atoms with van der Waals surface area (Å²) in [5.41, 5.74) is 3.19. The number of likely N-dealkylation sites (tertiary alicyclic amines) is 1. The molecule has 1 N–H and O–H groups in total. The van der Waals surface area contributed by atoms with Gasteiger partial charge >= 0.3 is 0 Å². The summed E-state index contributed by atoms with van der Waals surface area (Å²) < 4.78 is 19.9. The molecule has 37 heavy (non-hydrogen) atoms. The van der Waals surface area contributed by atoms with E-state index in [2.05, 4.69) is 39.1 Å². The lowest BCUT2D eigenvalue weighted by Gasteiger charge is -2.31. The summed E-state index contributed by atoms with van der Waals surface area (Å²) in [7, 11) is 2.22. The highest BCUT2D eigenvalue weighted by Gasteiger charge is 2.22. The first-order valence-corrected chi connectivity index (χ1v) is 12.9. The van der Waals surface area contributed by atoms with E-state index in [-0.39, 0.29) is 0 Å². The van der Waals surface area contributed by atoms with Crippen LogP contribution in [0.15, 0.2) is 42.9 Å². The molecule has 9 heteroatoms. The normalized spacial score (nSPS) is 15.7. The number of carbonyl (C=O) groups excluding carboxylic acids is 1. The summed E-state index contributed by atoms with van der Waals surface area (Å²) in [5, 5.41) is 2.54. The molecule has 2 aliphatic rings. The monoisotopic (exact) mass is 506 g/mol. The van der Waals surface area contributed by atoms with Gasteiger partial charge < -0.3 is 19.9 Å². The smallest absolute Gasteiger partial charge is 0.212 e. The fraction of sp³-hybridized carbons (Fsp3) is 0.429. The first-order chi connectivity index (χ1) is 18.0. The average molecular weight is 507 g/mol. The number of pyridine rings is 3. The highest BCUT2D eigenvalue weighted by molar-refractivity contribution is 5.77. The fourth-order valence-corrected chi connectivity index (χ4v) is 4.76. The Bertz CT molecular complexity index is 1200.